The lowest BCUT2D eigenvalue weighted by molar-refractivity contribution is -0.129. The molecule has 1 fully saturated rings. The van der Waals surface area contributed by atoms with E-state index in [0.717, 1.165) is 18.5 Å². The Bertz CT molecular complexity index is 459. The summed E-state index contributed by atoms with van der Waals surface area (Å²) in [6, 6.07) is 5.05. The summed E-state index contributed by atoms with van der Waals surface area (Å²) in [6.45, 7) is 5.65. The highest BCUT2D eigenvalue weighted by Crippen LogP contribution is 2.24. The summed E-state index contributed by atoms with van der Waals surface area (Å²) in [5, 5.41) is 6.07. The first-order valence-electron chi connectivity index (χ1n) is 6.25. The van der Waals surface area contributed by atoms with E-state index in [1.54, 1.807) is 13.0 Å². The quantitative estimate of drug-likeness (QED) is 0.894. The zero-order chi connectivity index (χ0) is 13.2. The van der Waals surface area contributed by atoms with Gasteiger partial charge in [-0.1, -0.05) is 12.1 Å². The van der Waals surface area contributed by atoms with E-state index in [1.807, 2.05) is 13.0 Å². The lowest BCUT2D eigenvalue weighted by Gasteiger charge is -2.21. The Labute approximate surface area is 119 Å². The standard InChI is InChI=1S/C14H19FN2O.ClH/c1-10-3-4-11(7-12(10)15)8-17-13(18)14(2)5-6-16-9-14;/h3-4,7,16H,5-6,8-9H2,1-2H3,(H,17,18);1H. The zero-order valence-electron chi connectivity index (χ0n) is 11.3. The van der Waals surface area contributed by atoms with Crippen LogP contribution in [-0.4, -0.2) is 19.0 Å². The number of carbonyl (C=O) groups excluding carboxylic acids is 1. The third-order valence-corrected chi connectivity index (χ3v) is 3.61. The maximum Gasteiger partial charge on any atom is 0.227 e. The number of hydrogen-bond acceptors (Lipinski definition) is 2. The molecule has 1 aromatic carbocycles. The number of rotatable bonds is 3. The van der Waals surface area contributed by atoms with Crippen LogP contribution in [0.3, 0.4) is 0 Å². The van der Waals surface area contributed by atoms with Crippen molar-refractivity contribution in [1.82, 2.24) is 10.6 Å². The normalized spacial score (nSPS) is 21.8. The Morgan fingerprint density at radius 2 is 2.26 bits per heavy atom. The molecule has 106 valence electrons. The van der Waals surface area contributed by atoms with E-state index in [-0.39, 0.29) is 29.5 Å². The van der Waals surface area contributed by atoms with Crippen molar-refractivity contribution >= 4 is 18.3 Å². The third kappa shape index (κ3) is 3.67. The fourth-order valence-electron chi connectivity index (χ4n) is 2.15. The van der Waals surface area contributed by atoms with Gasteiger partial charge in [-0.25, -0.2) is 4.39 Å². The van der Waals surface area contributed by atoms with Crippen molar-refractivity contribution in [2.45, 2.75) is 26.8 Å². The Morgan fingerprint density at radius 3 is 2.84 bits per heavy atom. The van der Waals surface area contributed by atoms with Crippen molar-refractivity contribution in [1.29, 1.82) is 0 Å². The summed E-state index contributed by atoms with van der Waals surface area (Å²) in [5.74, 6) is -0.191. The van der Waals surface area contributed by atoms with E-state index in [9.17, 15) is 9.18 Å². The molecule has 1 saturated heterocycles. The van der Waals surface area contributed by atoms with Crippen LogP contribution in [0.2, 0.25) is 0 Å². The van der Waals surface area contributed by atoms with Gasteiger partial charge in [-0.15, -0.1) is 12.4 Å². The number of aryl methyl sites for hydroxylation is 1. The van der Waals surface area contributed by atoms with E-state index in [1.165, 1.54) is 6.07 Å². The van der Waals surface area contributed by atoms with Crippen molar-refractivity contribution in [3.63, 3.8) is 0 Å². The van der Waals surface area contributed by atoms with Crippen molar-refractivity contribution in [2.75, 3.05) is 13.1 Å². The van der Waals surface area contributed by atoms with Crippen molar-refractivity contribution < 1.29 is 9.18 Å². The highest BCUT2D eigenvalue weighted by Gasteiger charge is 2.35. The van der Waals surface area contributed by atoms with E-state index < -0.39 is 0 Å². The topological polar surface area (TPSA) is 41.1 Å². The number of carbonyl (C=O) groups is 1. The van der Waals surface area contributed by atoms with E-state index in [2.05, 4.69) is 10.6 Å². The zero-order valence-corrected chi connectivity index (χ0v) is 12.1. The summed E-state index contributed by atoms with van der Waals surface area (Å²) in [4.78, 5) is 12.0. The highest BCUT2D eigenvalue weighted by molar-refractivity contribution is 5.85. The fraction of sp³-hybridized carbons (Fsp3) is 0.500. The van der Waals surface area contributed by atoms with Gasteiger partial charge in [0.15, 0.2) is 0 Å². The van der Waals surface area contributed by atoms with E-state index >= 15 is 0 Å². The predicted octanol–water partition coefficient (Wildman–Crippen LogP) is 2.17. The number of amides is 1. The molecule has 1 heterocycles. The summed E-state index contributed by atoms with van der Waals surface area (Å²) < 4.78 is 13.4. The van der Waals surface area contributed by atoms with E-state index in [4.69, 9.17) is 0 Å². The Kier molecular flexibility index (Phi) is 5.32. The fourth-order valence-corrected chi connectivity index (χ4v) is 2.15. The second-order valence-corrected chi connectivity index (χ2v) is 5.25. The number of halogens is 2. The molecule has 0 aromatic heterocycles. The Morgan fingerprint density at radius 1 is 1.53 bits per heavy atom. The van der Waals surface area contributed by atoms with Gasteiger partial charge in [-0.3, -0.25) is 4.79 Å². The SMILES string of the molecule is Cc1ccc(CNC(=O)C2(C)CCNC2)cc1F.Cl. The molecule has 2 N–H and O–H groups in total. The van der Waals surface area contributed by atoms with Gasteiger partial charge in [0.2, 0.25) is 5.91 Å². The molecular formula is C14H20ClFN2O. The smallest absolute Gasteiger partial charge is 0.227 e. The van der Waals surface area contributed by atoms with Gasteiger partial charge in [0, 0.05) is 13.1 Å². The molecule has 3 nitrogen and oxygen atoms in total. The minimum atomic E-state index is -0.330. The van der Waals surface area contributed by atoms with Crippen molar-refractivity contribution in [3.8, 4) is 0 Å². The third-order valence-electron chi connectivity index (χ3n) is 3.61. The minimum absolute atomic E-state index is 0. The van der Waals surface area contributed by atoms with Gasteiger partial charge in [0.1, 0.15) is 5.82 Å². The van der Waals surface area contributed by atoms with Crippen LogP contribution in [0, 0.1) is 18.2 Å². The Balaban J connectivity index is 0.00000180. The van der Waals surface area contributed by atoms with Crippen LogP contribution < -0.4 is 10.6 Å². The average Bonchev–Trinajstić information content (AvgIpc) is 2.79. The van der Waals surface area contributed by atoms with Crippen LogP contribution in [0.15, 0.2) is 18.2 Å². The maximum atomic E-state index is 13.4. The lowest BCUT2D eigenvalue weighted by atomic mass is 9.89. The first-order valence-corrected chi connectivity index (χ1v) is 6.25. The largest absolute Gasteiger partial charge is 0.352 e. The van der Waals surface area contributed by atoms with Crippen molar-refractivity contribution in [2.24, 2.45) is 5.41 Å². The summed E-state index contributed by atoms with van der Waals surface area (Å²) in [7, 11) is 0. The van der Waals surface area contributed by atoms with Gasteiger partial charge in [0.05, 0.1) is 5.41 Å². The van der Waals surface area contributed by atoms with Crippen LogP contribution >= 0.6 is 12.4 Å². The number of nitrogens with one attached hydrogen (secondary N) is 2. The van der Waals surface area contributed by atoms with E-state index in [0.29, 0.717) is 18.7 Å². The molecule has 5 heteroatoms. The molecule has 0 saturated carbocycles. The first-order chi connectivity index (χ1) is 8.51. The summed E-state index contributed by atoms with van der Waals surface area (Å²) >= 11 is 0. The van der Waals surface area contributed by atoms with Gasteiger partial charge in [0.25, 0.3) is 0 Å². The number of hydrogen-bond donors (Lipinski definition) is 2. The van der Waals surface area contributed by atoms with Gasteiger partial charge in [-0.05, 0) is 44.0 Å². The molecular weight excluding hydrogens is 267 g/mol. The van der Waals surface area contributed by atoms with Crippen LogP contribution in [0.5, 0.6) is 0 Å². The van der Waals surface area contributed by atoms with Crippen LogP contribution in [0.1, 0.15) is 24.5 Å². The Hall–Kier alpha value is -1.13. The second kappa shape index (κ2) is 6.35. The minimum Gasteiger partial charge on any atom is -0.352 e. The average molecular weight is 287 g/mol. The van der Waals surface area contributed by atoms with Crippen LogP contribution in [-0.2, 0) is 11.3 Å². The second-order valence-electron chi connectivity index (χ2n) is 5.25. The maximum absolute atomic E-state index is 13.4. The monoisotopic (exact) mass is 286 g/mol. The molecule has 19 heavy (non-hydrogen) atoms. The molecule has 1 atom stereocenters. The molecule has 2 rings (SSSR count). The number of benzene rings is 1. The molecule has 0 radical (unpaired) electrons. The van der Waals surface area contributed by atoms with Crippen LogP contribution in [0.25, 0.3) is 0 Å². The van der Waals surface area contributed by atoms with Gasteiger partial charge >= 0.3 is 0 Å². The lowest BCUT2D eigenvalue weighted by Crippen LogP contribution is -2.40. The highest BCUT2D eigenvalue weighted by atomic mass is 35.5. The molecule has 1 aliphatic heterocycles. The molecule has 1 aliphatic rings. The molecule has 1 unspecified atom stereocenters. The molecule has 0 spiro atoms. The molecule has 1 aromatic rings. The molecule has 0 bridgehead atoms. The summed E-state index contributed by atoms with van der Waals surface area (Å²) in [6.07, 6.45) is 0.848. The summed E-state index contributed by atoms with van der Waals surface area (Å²) in [5.41, 5.74) is 1.08. The molecule has 1 amide bonds. The molecule has 0 aliphatic carbocycles. The predicted molar refractivity (Wildman–Crippen MR) is 75.8 cm³/mol. The first kappa shape index (κ1) is 15.9. The van der Waals surface area contributed by atoms with Crippen LogP contribution in [0.4, 0.5) is 4.39 Å². The van der Waals surface area contributed by atoms with Gasteiger partial charge < -0.3 is 10.6 Å². The van der Waals surface area contributed by atoms with Gasteiger partial charge in [-0.2, -0.15) is 0 Å². The van der Waals surface area contributed by atoms with Crippen molar-refractivity contribution in [3.05, 3.63) is 35.1 Å².